The summed E-state index contributed by atoms with van der Waals surface area (Å²) in [6, 6.07) is 23.0. The number of nitrogens with one attached hydrogen (secondary N) is 1. The molecule has 0 unspecified atom stereocenters. The van der Waals surface area contributed by atoms with Crippen molar-refractivity contribution in [2.45, 2.75) is 39.8 Å². The molecule has 1 aliphatic rings. The van der Waals surface area contributed by atoms with Crippen LogP contribution in [0.3, 0.4) is 0 Å². The SMILES string of the molecule is Cc1ccc(N(Cc2ccc(C(=O)NN=C3CCN(Cc4ccccc4)CC3)cc2)S(C)(=O)=O)cc1C. The molecule has 0 aliphatic carbocycles. The molecule has 4 rings (SSSR count). The topological polar surface area (TPSA) is 82.1 Å². The van der Waals surface area contributed by atoms with Crippen molar-refractivity contribution in [2.75, 3.05) is 23.7 Å². The molecule has 1 aliphatic heterocycles. The Hall–Kier alpha value is -3.49. The lowest BCUT2D eigenvalue weighted by atomic mass is 10.1. The van der Waals surface area contributed by atoms with E-state index in [0.717, 1.165) is 54.9 Å². The van der Waals surface area contributed by atoms with Crippen LogP contribution in [-0.2, 0) is 23.1 Å². The van der Waals surface area contributed by atoms with Crippen LogP contribution in [0.2, 0.25) is 0 Å². The minimum absolute atomic E-state index is 0.186. The number of anilines is 1. The van der Waals surface area contributed by atoms with E-state index in [-0.39, 0.29) is 12.5 Å². The molecule has 0 radical (unpaired) electrons. The molecule has 0 aromatic heterocycles. The zero-order chi connectivity index (χ0) is 26.4. The van der Waals surface area contributed by atoms with Crippen LogP contribution in [0.4, 0.5) is 5.69 Å². The largest absolute Gasteiger partial charge is 0.298 e. The quantitative estimate of drug-likeness (QED) is 0.440. The van der Waals surface area contributed by atoms with Crippen LogP contribution in [0.25, 0.3) is 0 Å². The highest BCUT2D eigenvalue weighted by molar-refractivity contribution is 7.92. The molecule has 194 valence electrons. The summed E-state index contributed by atoms with van der Waals surface area (Å²) < 4.78 is 26.4. The van der Waals surface area contributed by atoms with Gasteiger partial charge < -0.3 is 0 Å². The Morgan fingerprint density at radius 3 is 2.22 bits per heavy atom. The third-order valence-corrected chi connectivity index (χ3v) is 7.86. The second-order valence-corrected chi connectivity index (χ2v) is 11.5. The summed E-state index contributed by atoms with van der Waals surface area (Å²) in [6.07, 6.45) is 2.85. The van der Waals surface area contributed by atoms with E-state index in [4.69, 9.17) is 0 Å². The lowest BCUT2D eigenvalue weighted by Gasteiger charge is -2.27. The number of carbonyl (C=O) groups excluding carboxylic acids is 1. The maximum absolute atomic E-state index is 12.6. The molecule has 7 nitrogen and oxygen atoms in total. The van der Waals surface area contributed by atoms with E-state index < -0.39 is 10.0 Å². The zero-order valence-electron chi connectivity index (χ0n) is 21.6. The van der Waals surface area contributed by atoms with E-state index in [0.29, 0.717) is 11.3 Å². The van der Waals surface area contributed by atoms with Gasteiger partial charge in [-0.25, -0.2) is 13.8 Å². The third-order valence-electron chi connectivity index (χ3n) is 6.72. The molecule has 0 atom stereocenters. The Morgan fingerprint density at radius 2 is 1.59 bits per heavy atom. The fourth-order valence-corrected chi connectivity index (χ4v) is 5.21. The standard InChI is InChI=1S/C29H34N4O3S/c1-22-9-14-28(19-23(22)2)33(37(3,35)36)21-25-10-12-26(13-11-25)29(34)31-30-27-15-17-32(18-16-27)20-24-7-5-4-6-8-24/h4-14,19H,15-18,20-21H2,1-3H3,(H,31,34). The van der Waals surface area contributed by atoms with Gasteiger partial charge in [0.2, 0.25) is 10.0 Å². The Bertz CT molecular complexity index is 1360. The van der Waals surface area contributed by atoms with Gasteiger partial charge in [-0.15, -0.1) is 0 Å². The number of aryl methyl sites for hydroxylation is 2. The highest BCUT2D eigenvalue weighted by Crippen LogP contribution is 2.23. The van der Waals surface area contributed by atoms with E-state index in [2.05, 4.69) is 39.7 Å². The van der Waals surface area contributed by atoms with E-state index in [1.165, 1.54) is 16.1 Å². The van der Waals surface area contributed by atoms with Gasteiger partial charge in [-0.1, -0.05) is 48.5 Å². The fourth-order valence-electron chi connectivity index (χ4n) is 4.33. The van der Waals surface area contributed by atoms with Gasteiger partial charge in [0.1, 0.15) is 0 Å². The highest BCUT2D eigenvalue weighted by Gasteiger charge is 2.19. The number of amides is 1. The first-order chi connectivity index (χ1) is 17.7. The molecular weight excluding hydrogens is 484 g/mol. The molecule has 1 fully saturated rings. The van der Waals surface area contributed by atoms with Crippen molar-refractivity contribution in [3.8, 4) is 0 Å². The van der Waals surface area contributed by atoms with Crippen LogP contribution in [-0.4, -0.2) is 44.3 Å². The Morgan fingerprint density at radius 1 is 0.919 bits per heavy atom. The summed E-state index contributed by atoms with van der Waals surface area (Å²) in [5.41, 5.74) is 9.00. The number of benzene rings is 3. The first-order valence-corrected chi connectivity index (χ1v) is 14.3. The fraction of sp³-hybridized carbons (Fsp3) is 0.310. The molecule has 3 aromatic carbocycles. The number of nitrogens with zero attached hydrogens (tertiary/aromatic N) is 3. The molecule has 3 aromatic rings. The summed E-state index contributed by atoms with van der Waals surface area (Å²) >= 11 is 0. The summed E-state index contributed by atoms with van der Waals surface area (Å²) in [5, 5.41) is 4.36. The Kier molecular flexibility index (Phi) is 8.41. The number of hydrogen-bond donors (Lipinski definition) is 1. The van der Waals surface area contributed by atoms with Crippen molar-refractivity contribution in [3.63, 3.8) is 0 Å². The van der Waals surface area contributed by atoms with E-state index in [9.17, 15) is 13.2 Å². The molecule has 8 heteroatoms. The molecule has 1 heterocycles. The lowest BCUT2D eigenvalue weighted by molar-refractivity contribution is 0.0954. The lowest BCUT2D eigenvalue weighted by Crippen LogP contribution is -2.34. The maximum Gasteiger partial charge on any atom is 0.271 e. The number of rotatable bonds is 8. The Labute approximate surface area is 219 Å². The second-order valence-electron chi connectivity index (χ2n) is 9.62. The van der Waals surface area contributed by atoms with Crippen molar-refractivity contribution in [3.05, 3.63) is 101 Å². The normalized spacial score (nSPS) is 14.3. The van der Waals surface area contributed by atoms with Crippen molar-refractivity contribution in [1.29, 1.82) is 0 Å². The number of sulfonamides is 1. The van der Waals surface area contributed by atoms with E-state index in [1.807, 2.05) is 38.1 Å². The number of carbonyl (C=O) groups is 1. The van der Waals surface area contributed by atoms with Crippen molar-refractivity contribution >= 4 is 27.3 Å². The van der Waals surface area contributed by atoms with Crippen molar-refractivity contribution in [2.24, 2.45) is 5.10 Å². The van der Waals surface area contributed by atoms with Gasteiger partial charge in [-0.05, 0) is 60.4 Å². The molecule has 0 bridgehead atoms. The third kappa shape index (κ3) is 7.27. The molecule has 1 saturated heterocycles. The minimum Gasteiger partial charge on any atom is -0.298 e. The molecule has 1 N–H and O–H groups in total. The summed E-state index contributed by atoms with van der Waals surface area (Å²) in [7, 11) is -3.48. The average Bonchev–Trinajstić information content (AvgIpc) is 2.89. The molecule has 0 spiro atoms. The smallest absolute Gasteiger partial charge is 0.271 e. The van der Waals surface area contributed by atoms with E-state index in [1.54, 1.807) is 24.3 Å². The van der Waals surface area contributed by atoms with Crippen molar-refractivity contribution < 1.29 is 13.2 Å². The van der Waals surface area contributed by atoms with Gasteiger partial charge in [-0.3, -0.25) is 14.0 Å². The van der Waals surface area contributed by atoms with Gasteiger partial charge in [0.25, 0.3) is 5.91 Å². The molecule has 1 amide bonds. The van der Waals surface area contributed by atoms with Gasteiger partial charge in [0.05, 0.1) is 18.5 Å². The zero-order valence-corrected chi connectivity index (χ0v) is 22.5. The molecule has 37 heavy (non-hydrogen) atoms. The number of hydrogen-bond acceptors (Lipinski definition) is 5. The van der Waals surface area contributed by atoms with Gasteiger partial charge in [0.15, 0.2) is 0 Å². The summed E-state index contributed by atoms with van der Waals surface area (Å²) in [4.78, 5) is 15.0. The molecule has 0 saturated carbocycles. The van der Waals surface area contributed by atoms with E-state index >= 15 is 0 Å². The molecular formula is C29H34N4O3S. The van der Waals surface area contributed by atoms with Crippen LogP contribution in [0.1, 0.15) is 45.5 Å². The van der Waals surface area contributed by atoms with Crippen LogP contribution >= 0.6 is 0 Å². The minimum atomic E-state index is -3.48. The predicted octanol–water partition coefficient (Wildman–Crippen LogP) is 4.65. The van der Waals surface area contributed by atoms with Gasteiger partial charge in [0, 0.05) is 43.8 Å². The van der Waals surface area contributed by atoms with Crippen LogP contribution in [0.5, 0.6) is 0 Å². The van der Waals surface area contributed by atoms with Gasteiger partial charge >= 0.3 is 0 Å². The first kappa shape index (κ1) is 26.6. The predicted molar refractivity (Wildman–Crippen MR) is 149 cm³/mol. The van der Waals surface area contributed by atoms with Crippen molar-refractivity contribution in [1.82, 2.24) is 10.3 Å². The van der Waals surface area contributed by atoms with Crippen LogP contribution in [0.15, 0.2) is 77.9 Å². The number of likely N-dealkylation sites (tertiary alicyclic amines) is 1. The number of hydrazone groups is 1. The second kappa shape index (κ2) is 11.7. The van der Waals surface area contributed by atoms with Gasteiger partial charge in [-0.2, -0.15) is 5.10 Å². The average molecular weight is 519 g/mol. The Balaban J connectivity index is 1.33. The van der Waals surface area contributed by atoms with Crippen LogP contribution in [0, 0.1) is 13.8 Å². The maximum atomic E-state index is 12.6. The summed E-state index contributed by atoms with van der Waals surface area (Å²) in [5.74, 6) is -0.278. The highest BCUT2D eigenvalue weighted by atomic mass is 32.2. The number of piperidine rings is 1. The monoisotopic (exact) mass is 518 g/mol. The first-order valence-electron chi connectivity index (χ1n) is 12.4. The van der Waals surface area contributed by atoms with Crippen LogP contribution < -0.4 is 9.73 Å². The summed E-state index contributed by atoms with van der Waals surface area (Å²) in [6.45, 7) is 6.89.